The Morgan fingerprint density at radius 3 is 2.86 bits per heavy atom. The van der Waals surface area contributed by atoms with E-state index in [9.17, 15) is 10.0 Å². The third kappa shape index (κ3) is 4.47. The Morgan fingerprint density at radius 1 is 1.55 bits per heavy atom. The van der Waals surface area contributed by atoms with Crippen molar-refractivity contribution in [2.24, 2.45) is 0 Å². The number of thioether (sulfide) groups is 2. The van der Waals surface area contributed by atoms with Gasteiger partial charge in [0.15, 0.2) is 6.20 Å². The standard InChI is InChI=1S/C14H20N2O2S3Si/c1-22(2,3)10-9-20-13-11(5-4-6-16(13)18)12(17)15-7-8-21-14(15)19/h4-6H,7-10H2,1-3H3. The summed E-state index contributed by atoms with van der Waals surface area (Å²) in [6.07, 6.45) is 1.45. The van der Waals surface area contributed by atoms with Crippen molar-refractivity contribution >= 4 is 54.0 Å². The molecule has 0 N–H and O–H groups in total. The van der Waals surface area contributed by atoms with Gasteiger partial charge in [0.05, 0.1) is 0 Å². The Bertz CT molecular complexity index is 590. The lowest BCUT2D eigenvalue weighted by Crippen LogP contribution is -2.36. The van der Waals surface area contributed by atoms with Crippen molar-refractivity contribution in [2.75, 3.05) is 18.1 Å². The maximum Gasteiger partial charge on any atom is 0.266 e. The van der Waals surface area contributed by atoms with Crippen LogP contribution in [0.15, 0.2) is 23.4 Å². The molecule has 1 saturated heterocycles. The third-order valence-corrected chi connectivity index (χ3v) is 7.86. The first kappa shape index (κ1) is 17.8. The molecule has 0 saturated carbocycles. The molecule has 0 aromatic carbocycles. The van der Waals surface area contributed by atoms with Crippen molar-refractivity contribution in [2.45, 2.75) is 30.7 Å². The summed E-state index contributed by atoms with van der Waals surface area (Å²) in [5, 5.41) is 12.6. The van der Waals surface area contributed by atoms with Crippen molar-refractivity contribution in [3.8, 4) is 0 Å². The number of pyridine rings is 1. The van der Waals surface area contributed by atoms with Gasteiger partial charge in [-0.25, -0.2) is 0 Å². The zero-order valence-electron chi connectivity index (χ0n) is 13.0. The zero-order chi connectivity index (χ0) is 16.3. The first-order valence-corrected chi connectivity index (χ1v) is 13.2. The van der Waals surface area contributed by atoms with E-state index < -0.39 is 8.07 Å². The van der Waals surface area contributed by atoms with Crippen LogP contribution >= 0.6 is 35.7 Å². The van der Waals surface area contributed by atoms with Gasteiger partial charge in [0, 0.05) is 32.2 Å². The number of hydrogen-bond acceptors (Lipinski definition) is 5. The molecule has 1 aliphatic heterocycles. The molecule has 0 bridgehead atoms. The van der Waals surface area contributed by atoms with Gasteiger partial charge in [0.25, 0.3) is 10.9 Å². The van der Waals surface area contributed by atoms with Crippen LogP contribution in [-0.2, 0) is 0 Å². The zero-order valence-corrected chi connectivity index (χ0v) is 16.4. The molecule has 22 heavy (non-hydrogen) atoms. The van der Waals surface area contributed by atoms with Gasteiger partial charge < -0.3 is 5.21 Å². The Balaban J connectivity index is 2.19. The van der Waals surface area contributed by atoms with E-state index in [1.54, 1.807) is 17.0 Å². The fraction of sp³-hybridized carbons (Fsp3) is 0.500. The monoisotopic (exact) mass is 372 g/mol. The lowest BCUT2D eigenvalue weighted by atomic mass is 10.2. The van der Waals surface area contributed by atoms with Gasteiger partial charge in [-0.15, -0.1) is 0 Å². The molecule has 1 fully saturated rings. The second-order valence-corrected chi connectivity index (χ2v) is 14.7. The van der Waals surface area contributed by atoms with E-state index in [-0.39, 0.29) is 5.91 Å². The lowest BCUT2D eigenvalue weighted by Gasteiger charge is -2.17. The summed E-state index contributed by atoms with van der Waals surface area (Å²) in [6, 6.07) is 4.45. The van der Waals surface area contributed by atoms with Crippen molar-refractivity contribution in [3.63, 3.8) is 0 Å². The van der Waals surface area contributed by atoms with E-state index >= 15 is 0 Å². The molecule has 1 aromatic heterocycles. The average Bonchev–Trinajstić information content (AvgIpc) is 2.84. The summed E-state index contributed by atoms with van der Waals surface area (Å²) >= 11 is 8.20. The van der Waals surface area contributed by atoms with Crippen LogP contribution in [0.5, 0.6) is 0 Å². The maximum atomic E-state index is 12.7. The molecular weight excluding hydrogens is 352 g/mol. The van der Waals surface area contributed by atoms with Gasteiger partial charge in [-0.1, -0.05) is 55.4 Å². The molecule has 1 amide bonds. The van der Waals surface area contributed by atoms with Crippen LogP contribution in [0.3, 0.4) is 0 Å². The second-order valence-electron chi connectivity index (χ2n) is 6.28. The Labute approximate surface area is 146 Å². The average molecular weight is 373 g/mol. The minimum atomic E-state index is -1.16. The van der Waals surface area contributed by atoms with Crippen LogP contribution < -0.4 is 4.73 Å². The van der Waals surface area contributed by atoms with Crippen LogP contribution in [0.4, 0.5) is 0 Å². The molecule has 8 heteroatoms. The molecule has 4 nitrogen and oxygen atoms in total. The fourth-order valence-electron chi connectivity index (χ4n) is 1.96. The van der Waals surface area contributed by atoms with Crippen molar-refractivity contribution in [1.82, 2.24) is 4.90 Å². The fourth-order valence-corrected chi connectivity index (χ4v) is 6.71. The molecule has 2 rings (SSSR count). The Hall–Kier alpha value is -0.573. The van der Waals surface area contributed by atoms with E-state index in [1.165, 1.54) is 29.7 Å². The van der Waals surface area contributed by atoms with Gasteiger partial charge in [-0.3, -0.25) is 9.69 Å². The largest absolute Gasteiger partial charge is 0.618 e. The first-order valence-electron chi connectivity index (χ1n) is 7.13. The highest BCUT2D eigenvalue weighted by molar-refractivity contribution is 8.23. The predicted molar refractivity (Wildman–Crippen MR) is 100 cm³/mol. The number of carbonyl (C=O) groups is 1. The summed E-state index contributed by atoms with van der Waals surface area (Å²) in [4.78, 5) is 14.3. The quantitative estimate of drug-likeness (QED) is 0.261. The van der Waals surface area contributed by atoms with E-state index in [0.29, 0.717) is 21.5 Å². The normalized spacial score (nSPS) is 15.4. The first-order chi connectivity index (χ1) is 10.3. The van der Waals surface area contributed by atoms with Gasteiger partial charge in [-0.2, -0.15) is 4.73 Å². The molecule has 0 atom stereocenters. The molecule has 1 aliphatic rings. The predicted octanol–water partition coefficient (Wildman–Crippen LogP) is 3.22. The smallest absolute Gasteiger partial charge is 0.266 e. The lowest BCUT2D eigenvalue weighted by molar-refractivity contribution is -0.645. The van der Waals surface area contributed by atoms with E-state index in [0.717, 1.165) is 22.3 Å². The van der Waals surface area contributed by atoms with Crippen molar-refractivity contribution in [1.29, 1.82) is 0 Å². The number of carbonyl (C=O) groups excluding carboxylic acids is 1. The number of nitrogens with zero attached hydrogens (tertiary/aromatic N) is 2. The molecule has 0 radical (unpaired) electrons. The van der Waals surface area contributed by atoms with Gasteiger partial charge in [-0.05, 0) is 12.1 Å². The highest BCUT2D eigenvalue weighted by atomic mass is 32.2. The third-order valence-electron chi connectivity index (χ3n) is 3.24. The molecular formula is C14H20N2O2S3Si. The van der Waals surface area contributed by atoms with Crippen molar-refractivity contribution in [3.05, 3.63) is 29.1 Å². The van der Waals surface area contributed by atoms with Gasteiger partial charge >= 0.3 is 0 Å². The van der Waals surface area contributed by atoms with E-state index in [2.05, 4.69) is 19.6 Å². The molecule has 2 heterocycles. The molecule has 0 spiro atoms. The minimum absolute atomic E-state index is 0.157. The summed E-state index contributed by atoms with van der Waals surface area (Å²) in [5.74, 6) is 1.53. The minimum Gasteiger partial charge on any atom is -0.618 e. The molecule has 1 aromatic rings. The second kappa shape index (κ2) is 7.33. The number of hydrogen-bond donors (Lipinski definition) is 0. The maximum absolute atomic E-state index is 12.7. The molecule has 0 aliphatic carbocycles. The topological polar surface area (TPSA) is 47.2 Å². The van der Waals surface area contributed by atoms with Crippen molar-refractivity contribution < 1.29 is 9.52 Å². The van der Waals surface area contributed by atoms with Crippen LogP contribution in [-0.4, -0.2) is 41.3 Å². The number of amides is 1. The highest BCUT2D eigenvalue weighted by Gasteiger charge is 2.30. The summed E-state index contributed by atoms with van der Waals surface area (Å²) in [6.45, 7) is 7.52. The highest BCUT2D eigenvalue weighted by Crippen LogP contribution is 2.26. The van der Waals surface area contributed by atoms with Gasteiger partial charge in [0.2, 0.25) is 0 Å². The van der Waals surface area contributed by atoms with Crippen LogP contribution in [0.2, 0.25) is 25.7 Å². The summed E-state index contributed by atoms with van der Waals surface area (Å²) < 4.78 is 1.40. The van der Waals surface area contributed by atoms with E-state index in [1.807, 2.05) is 0 Å². The van der Waals surface area contributed by atoms with Crippen LogP contribution in [0.25, 0.3) is 0 Å². The van der Waals surface area contributed by atoms with Crippen LogP contribution in [0.1, 0.15) is 10.4 Å². The number of thiocarbonyl (C=S) groups is 1. The van der Waals surface area contributed by atoms with Gasteiger partial charge in [0.1, 0.15) is 9.88 Å². The summed E-state index contributed by atoms with van der Waals surface area (Å²) in [7, 11) is -1.16. The van der Waals surface area contributed by atoms with E-state index in [4.69, 9.17) is 12.2 Å². The number of rotatable bonds is 5. The number of aromatic nitrogens is 1. The molecule has 120 valence electrons. The van der Waals surface area contributed by atoms with Crippen LogP contribution in [0, 0.1) is 5.21 Å². The Morgan fingerprint density at radius 2 is 2.27 bits per heavy atom. The molecule has 0 unspecified atom stereocenters. The summed E-state index contributed by atoms with van der Waals surface area (Å²) in [5.41, 5.74) is 0.461. The SMILES string of the molecule is C[Si](C)(C)CCSc1c(C(=O)N2CCSC2=S)ccc[n+]1[O-]. The Kier molecular flexibility index (Phi) is 5.92.